The van der Waals surface area contributed by atoms with Crippen molar-refractivity contribution in [1.29, 1.82) is 0 Å². The lowest BCUT2D eigenvalue weighted by atomic mass is 9.86. The lowest BCUT2D eigenvalue weighted by Crippen LogP contribution is -2.35. The van der Waals surface area contributed by atoms with Crippen molar-refractivity contribution in [1.82, 2.24) is 0 Å². The van der Waals surface area contributed by atoms with Gasteiger partial charge in [0.2, 0.25) is 0 Å². The van der Waals surface area contributed by atoms with Gasteiger partial charge in [0.05, 0.1) is 5.02 Å². The maximum atomic E-state index is 13.4. The van der Waals surface area contributed by atoms with Crippen LogP contribution in [0.2, 0.25) is 5.02 Å². The molecule has 0 aliphatic rings. The first-order valence-electron chi connectivity index (χ1n) is 6.18. The predicted molar refractivity (Wildman–Crippen MR) is 77.8 cm³/mol. The fourth-order valence-corrected chi connectivity index (χ4v) is 2.23. The molecule has 0 amide bonds. The first-order chi connectivity index (χ1) is 8.88. The average molecular weight is 278 g/mol. The van der Waals surface area contributed by atoms with E-state index >= 15 is 0 Å². The van der Waals surface area contributed by atoms with Gasteiger partial charge < -0.3 is 5.73 Å². The van der Waals surface area contributed by atoms with Crippen molar-refractivity contribution >= 4 is 11.6 Å². The minimum atomic E-state index is -0.534. The molecule has 1 unspecified atom stereocenters. The van der Waals surface area contributed by atoms with Crippen LogP contribution >= 0.6 is 11.6 Å². The Balaban J connectivity index is 2.25. The van der Waals surface area contributed by atoms with Gasteiger partial charge in [-0.1, -0.05) is 47.5 Å². The first kappa shape index (κ1) is 14.0. The first-order valence-corrected chi connectivity index (χ1v) is 6.56. The topological polar surface area (TPSA) is 26.0 Å². The maximum absolute atomic E-state index is 13.4. The summed E-state index contributed by atoms with van der Waals surface area (Å²) in [4.78, 5) is 0. The van der Waals surface area contributed by atoms with Crippen LogP contribution in [-0.2, 0) is 12.0 Å². The van der Waals surface area contributed by atoms with Crippen molar-refractivity contribution in [3.63, 3.8) is 0 Å². The summed E-state index contributed by atoms with van der Waals surface area (Å²) in [5.74, 6) is -0.404. The fraction of sp³-hybridized carbons (Fsp3) is 0.250. The van der Waals surface area contributed by atoms with Crippen molar-refractivity contribution in [2.75, 3.05) is 0 Å². The summed E-state index contributed by atoms with van der Waals surface area (Å²) in [6.45, 7) is 3.98. The molecule has 2 aromatic rings. The van der Waals surface area contributed by atoms with Crippen LogP contribution in [-0.4, -0.2) is 0 Å². The summed E-state index contributed by atoms with van der Waals surface area (Å²) in [7, 11) is 0. The number of halogens is 2. The quantitative estimate of drug-likeness (QED) is 0.894. The Labute approximate surface area is 118 Å². The molecule has 0 spiro atoms. The minimum absolute atomic E-state index is 0.137. The summed E-state index contributed by atoms with van der Waals surface area (Å²) in [5.41, 5.74) is 8.89. The van der Waals surface area contributed by atoms with Gasteiger partial charge in [-0.05, 0) is 43.5 Å². The highest BCUT2D eigenvalue weighted by Gasteiger charge is 2.22. The molecule has 0 saturated heterocycles. The van der Waals surface area contributed by atoms with Gasteiger partial charge >= 0.3 is 0 Å². The molecule has 19 heavy (non-hydrogen) atoms. The van der Waals surface area contributed by atoms with Gasteiger partial charge in [0, 0.05) is 5.54 Å². The van der Waals surface area contributed by atoms with Gasteiger partial charge in [-0.25, -0.2) is 4.39 Å². The van der Waals surface area contributed by atoms with E-state index in [-0.39, 0.29) is 5.02 Å². The van der Waals surface area contributed by atoms with Crippen LogP contribution < -0.4 is 5.73 Å². The average Bonchev–Trinajstić information content (AvgIpc) is 2.34. The molecule has 0 aliphatic carbocycles. The Morgan fingerprint density at radius 3 is 2.37 bits per heavy atom. The zero-order chi connectivity index (χ0) is 14.0. The molecule has 2 N–H and O–H groups in total. The number of nitrogens with two attached hydrogens (primary N) is 1. The van der Waals surface area contributed by atoms with Crippen molar-refractivity contribution in [2.24, 2.45) is 5.73 Å². The summed E-state index contributed by atoms with van der Waals surface area (Å²) < 4.78 is 13.4. The van der Waals surface area contributed by atoms with Crippen LogP contribution in [0.5, 0.6) is 0 Å². The van der Waals surface area contributed by atoms with Crippen molar-refractivity contribution in [2.45, 2.75) is 25.8 Å². The molecule has 100 valence electrons. The molecule has 1 nitrogen and oxygen atoms in total. The van der Waals surface area contributed by atoms with Crippen LogP contribution in [0.4, 0.5) is 4.39 Å². The molecule has 0 saturated carbocycles. The third kappa shape index (κ3) is 3.34. The van der Waals surface area contributed by atoms with E-state index in [0.29, 0.717) is 6.42 Å². The monoisotopic (exact) mass is 277 g/mol. The molecule has 0 fully saturated rings. The van der Waals surface area contributed by atoms with Crippen molar-refractivity contribution in [3.8, 4) is 0 Å². The van der Waals surface area contributed by atoms with E-state index in [1.165, 1.54) is 11.6 Å². The molecule has 0 radical (unpaired) electrons. The Morgan fingerprint density at radius 2 is 1.79 bits per heavy atom. The van der Waals surface area contributed by atoms with Crippen LogP contribution in [0.15, 0.2) is 42.5 Å². The van der Waals surface area contributed by atoms with E-state index in [9.17, 15) is 4.39 Å². The van der Waals surface area contributed by atoms with Gasteiger partial charge in [0.1, 0.15) is 5.82 Å². The standard InChI is InChI=1S/C16H17ClFN/c1-11-3-6-13(7-4-11)16(2,19)10-12-5-8-14(17)15(18)9-12/h3-9H,10,19H2,1-2H3. The van der Waals surface area contributed by atoms with Crippen LogP contribution in [0.1, 0.15) is 23.6 Å². The fourth-order valence-electron chi connectivity index (χ4n) is 2.11. The van der Waals surface area contributed by atoms with Crippen LogP contribution in [0.25, 0.3) is 0 Å². The van der Waals surface area contributed by atoms with Gasteiger partial charge in [0.25, 0.3) is 0 Å². The van der Waals surface area contributed by atoms with Gasteiger partial charge in [0.15, 0.2) is 0 Å². The lowest BCUT2D eigenvalue weighted by Gasteiger charge is -2.25. The Morgan fingerprint density at radius 1 is 1.16 bits per heavy atom. The summed E-state index contributed by atoms with van der Waals surface area (Å²) in [6, 6.07) is 12.9. The third-order valence-electron chi connectivity index (χ3n) is 3.27. The van der Waals surface area contributed by atoms with E-state index in [4.69, 9.17) is 17.3 Å². The van der Waals surface area contributed by atoms with Gasteiger partial charge in [-0.15, -0.1) is 0 Å². The smallest absolute Gasteiger partial charge is 0.142 e. The molecule has 0 bridgehead atoms. The summed E-state index contributed by atoms with van der Waals surface area (Å²) in [6.07, 6.45) is 0.560. The summed E-state index contributed by atoms with van der Waals surface area (Å²) in [5, 5.41) is 0.137. The zero-order valence-electron chi connectivity index (χ0n) is 11.1. The van der Waals surface area contributed by atoms with Crippen molar-refractivity contribution < 1.29 is 4.39 Å². The maximum Gasteiger partial charge on any atom is 0.142 e. The number of hydrogen-bond acceptors (Lipinski definition) is 1. The highest BCUT2D eigenvalue weighted by Crippen LogP contribution is 2.25. The minimum Gasteiger partial charge on any atom is -0.321 e. The van der Waals surface area contributed by atoms with Crippen molar-refractivity contribution in [3.05, 3.63) is 70.0 Å². The molecule has 2 aromatic carbocycles. The second-order valence-corrected chi connectivity index (χ2v) is 5.62. The van der Waals surface area contributed by atoms with Crippen LogP contribution in [0, 0.1) is 12.7 Å². The zero-order valence-corrected chi connectivity index (χ0v) is 11.8. The van der Waals surface area contributed by atoms with E-state index in [0.717, 1.165) is 11.1 Å². The molecule has 0 aromatic heterocycles. The van der Waals surface area contributed by atoms with E-state index in [1.54, 1.807) is 6.07 Å². The van der Waals surface area contributed by atoms with Gasteiger partial charge in [-0.2, -0.15) is 0 Å². The lowest BCUT2D eigenvalue weighted by molar-refractivity contribution is 0.489. The second-order valence-electron chi connectivity index (χ2n) is 5.21. The van der Waals surface area contributed by atoms with E-state index < -0.39 is 11.4 Å². The SMILES string of the molecule is Cc1ccc(C(C)(N)Cc2ccc(Cl)c(F)c2)cc1. The predicted octanol–water partition coefficient (Wildman–Crippen LogP) is 4.20. The molecule has 2 rings (SSSR count). The largest absolute Gasteiger partial charge is 0.321 e. The summed E-state index contributed by atoms with van der Waals surface area (Å²) >= 11 is 5.68. The normalized spacial score (nSPS) is 14.2. The molecule has 0 aliphatic heterocycles. The molecule has 0 heterocycles. The van der Waals surface area contributed by atoms with E-state index in [1.807, 2.05) is 44.2 Å². The number of benzene rings is 2. The number of hydrogen-bond donors (Lipinski definition) is 1. The highest BCUT2D eigenvalue weighted by molar-refractivity contribution is 6.30. The number of aryl methyl sites for hydroxylation is 1. The Bertz CT molecular complexity index is 576. The number of rotatable bonds is 3. The Kier molecular flexibility index (Phi) is 3.93. The molecular weight excluding hydrogens is 261 g/mol. The molecule has 1 atom stereocenters. The highest BCUT2D eigenvalue weighted by atomic mass is 35.5. The third-order valence-corrected chi connectivity index (χ3v) is 3.57. The van der Waals surface area contributed by atoms with Crippen LogP contribution in [0.3, 0.4) is 0 Å². The van der Waals surface area contributed by atoms with E-state index in [2.05, 4.69) is 0 Å². The van der Waals surface area contributed by atoms with Gasteiger partial charge in [-0.3, -0.25) is 0 Å². The molecular formula is C16H17ClFN. The molecule has 3 heteroatoms. The Hall–Kier alpha value is -1.38. The second kappa shape index (κ2) is 5.32.